The van der Waals surface area contributed by atoms with Crippen LogP contribution in [0.15, 0.2) is 84.9 Å². The molecule has 8 N–H and O–H groups in total. The minimum Gasteiger partial charge on any atom is -0.497 e. The molecule has 0 spiro atoms. The minimum atomic E-state index is -1.77. The summed E-state index contributed by atoms with van der Waals surface area (Å²) >= 11 is 12.7. The third-order valence-corrected chi connectivity index (χ3v) is 10.8. The Morgan fingerprint density at radius 2 is 1.09 bits per heavy atom. The highest BCUT2D eigenvalue weighted by molar-refractivity contribution is 6.31. The molecule has 4 aromatic rings. The first kappa shape index (κ1) is 46.3. The quantitative estimate of drug-likeness (QED) is 0.109. The van der Waals surface area contributed by atoms with Crippen LogP contribution in [-0.4, -0.2) is 124 Å². The Morgan fingerprint density at radius 3 is 1.58 bits per heavy atom. The first-order valence-electron chi connectivity index (χ1n) is 17.8. The molecule has 312 valence electrons. The molecule has 0 unspecified atom stereocenters. The van der Waals surface area contributed by atoms with Gasteiger partial charge in [0.15, 0.2) is 0 Å². The third-order valence-electron chi connectivity index (χ3n) is 10.1. The van der Waals surface area contributed by atoms with Crippen molar-refractivity contribution in [1.29, 1.82) is 0 Å². The van der Waals surface area contributed by atoms with Gasteiger partial charge in [-0.2, -0.15) is 0 Å². The lowest BCUT2D eigenvalue weighted by Crippen LogP contribution is -2.64. The summed E-state index contributed by atoms with van der Waals surface area (Å²) in [6.07, 6.45) is -10.6. The summed E-state index contributed by atoms with van der Waals surface area (Å²) in [7, 11) is 4.52. The van der Waals surface area contributed by atoms with Gasteiger partial charge in [0.1, 0.15) is 66.4 Å². The lowest BCUT2D eigenvalue weighted by molar-refractivity contribution is -0.366. The van der Waals surface area contributed by atoms with Gasteiger partial charge in [-0.3, -0.25) is 0 Å². The van der Waals surface area contributed by atoms with Gasteiger partial charge < -0.3 is 64.5 Å². The second-order valence-corrected chi connectivity index (χ2v) is 14.4. The summed E-state index contributed by atoms with van der Waals surface area (Å²) in [4.78, 5) is 0. The van der Waals surface area contributed by atoms with Gasteiger partial charge in [0.05, 0.1) is 27.4 Å². The van der Waals surface area contributed by atoms with E-state index < -0.39 is 73.9 Å². The number of benzene rings is 4. The fraction of sp³-hybridized carbons (Fsp3) is 0.429. The number of ether oxygens (including phenoxy) is 5. The van der Waals surface area contributed by atoms with Crippen LogP contribution in [0.25, 0.3) is 0 Å². The smallest absolute Gasteiger partial charge is 0.224 e. The zero-order valence-electron chi connectivity index (χ0n) is 31.0. The van der Waals surface area contributed by atoms with Crippen molar-refractivity contribution >= 4 is 23.2 Å². The number of hydrogen-bond donors (Lipinski definition) is 8. The first-order chi connectivity index (χ1) is 26.8. The van der Waals surface area contributed by atoms with Crippen molar-refractivity contribution in [2.45, 2.75) is 81.0 Å². The van der Waals surface area contributed by atoms with E-state index in [2.05, 4.69) is 0 Å². The van der Waals surface area contributed by atoms with Gasteiger partial charge in [0.2, 0.25) is 5.79 Å². The van der Waals surface area contributed by atoms with Crippen LogP contribution in [0.3, 0.4) is 0 Å². The topological polar surface area (TPSA) is 208 Å². The molecule has 13 nitrogen and oxygen atoms in total. The van der Waals surface area contributed by atoms with Crippen molar-refractivity contribution in [2.75, 3.05) is 34.5 Å². The molecule has 0 amide bonds. The predicted octanol–water partition coefficient (Wildman–Crippen LogP) is 3.30. The number of rotatable bonds is 11. The Hall–Kier alpha value is -3.38. The molecule has 15 heteroatoms. The maximum Gasteiger partial charge on any atom is 0.224 e. The van der Waals surface area contributed by atoms with Crippen molar-refractivity contribution in [3.63, 3.8) is 0 Å². The molecule has 10 atom stereocenters. The molecule has 0 bridgehead atoms. The fourth-order valence-corrected chi connectivity index (χ4v) is 7.17. The standard InChI is InChI=1S/C21H25ClO7.C20H23ClO6.CH4/c1-27-15-6-3-12(4-7-15)9-13-10-14(5-8-16(13)22)21(28-2)20(26)19(25)18(24)17(11-23)29-21;1-26-14-5-2-11(3-6-14)8-13-9-12(4-7-15(13)21)20-19(25)18(24)17(23)16(10-22)27-20;/h3-8,10,17-20,23-26H,9,11H2,1-2H3;2-7,9,16-20,22-25H,8,10H2,1H3;1H4/t17-,18-,19+,20-,21+;16-,17-,18+,19-,20+;/m11./s1. The van der Waals surface area contributed by atoms with Gasteiger partial charge in [-0.1, -0.05) is 73.1 Å². The maximum atomic E-state index is 10.6. The number of hydrogen-bond acceptors (Lipinski definition) is 13. The molecule has 2 aliphatic heterocycles. The van der Waals surface area contributed by atoms with Crippen LogP contribution in [-0.2, 0) is 32.8 Å². The summed E-state index contributed by atoms with van der Waals surface area (Å²) in [6.45, 7) is -1.02. The molecule has 4 aromatic carbocycles. The van der Waals surface area contributed by atoms with Gasteiger partial charge in [0, 0.05) is 22.7 Å². The summed E-state index contributed by atoms with van der Waals surface area (Å²) < 4.78 is 27.2. The highest BCUT2D eigenvalue weighted by Gasteiger charge is 2.55. The van der Waals surface area contributed by atoms with E-state index in [-0.39, 0.29) is 7.43 Å². The lowest BCUT2D eigenvalue weighted by atomic mass is 9.87. The molecule has 0 saturated carbocycles. The van der Waals surface area contributed by atoms with E-state index in [1.807, 2.05) is 48.5 Å². The zero-order valence-corrected chi connectivity index (χ0v) is 32.5. The molecule has 6 rings (SSSR count). The Labute approximate surface area is 342 Å². The predicted molar refractivity (Wildman–Crippen MR) is 213 cm³/mol. The monoisotopic (exact) mass is 834 g/mol. The van der Waals surface area contributed by atoms with Gasteiger partial charge in [-0.25, -0.2) is 0 Å². The Bertz CT molecular complexity index is 1860. The Kier molecular flexibility index (Phi) is 16.7. The first-order valence-corrected chi connectivity index (χ1v) is 18.6. The van der Waals surface area contributed by atoms with Crippen molar-refractivity contribution in [3.05, 3.63) is 128 Å². The molecule has 2 aliphatic rings. The third kappa shape index (κ3) is 10.3. The van der Waals surface area contributed by atoms with Gasteiger partial charge in [-0.05, 0) is 83.1 Å². The van der Waals surface area contributed by atoms with Gasteiger partial charge in [0.25, 0.3) is 0 Å². The van der Waals surface area contributed by atoms with Crippen molar-refractivity contribution in [1.82, 2.24) is 0 Å². The van der Waals surface area contributed by atoms with Crippen LogP contribution in [0.2, 0.25) is 10.0 Å². The molecule has 57 heavy (non-hydrogen) atoms. The van der Waals surface area contributed by atoms with Gasteiger partial charge >= 0.3 is 0 Å². The Balaban J connectivity index is 0.000000249. The maximum absolute atomic E-state index is 10.6. The highest BCUT2D eigenvalue weighted by atomic mass is 35.5. The van der Waals surface area contributed by atoms with Crippen LogP contribution in [0.5, 0.6) is 11.5 Å². The number of methoxy groups -OCH3 is 3. The summed E-state index contributed by atoms with van der Waals surface area (Å²) in [5.74, 6) is -0.265. The minimum absolute atomic E-state index is 0. The summed E-state index contributed by atoms with van der Waals surface area (Å²) in [5, 5.41) is 81.2. The number of aliphatic hydroxyl groups is 8. The van der Waals surface area contributed by atoms with Crippen molar-refractivity contribution in [3.8, 4) is 11.5 Å². The average Bonchev–Trinajstić information content (AvgIpc) is 3.22. The lowest BCUT2D eigenvalue weighted by Gasteiger charge is -2.47. The van der Waals surface area contributed by atoms with Crippen molar-refractivity contribution < 1.29 is 64.5 Å². The van der Waals surface area contributed by atoms with E-state index in [1.54, 1.807) is 50.6 Å². The van der Waals surface area contributed by atoms with Crippen molar-refractivity contribution in [2.24, 2.45) is 0 Å². The second-order valence-electron chi connectivity index (χ2n) is 13.6. The zero-order chi connectivity index (χ0) is 40.7. The molecule has 0 aromatic heterocycles. The molecular weight excluding hydrogens is 783 g/mol. The number of halogens is 2. The van der Waals surface area contributed by atoms with Crippen LogP contribution in [0.4, 0.5) is 0 Å². The fourth-order valence-electron chi connectivity index (χ4n) is 6.80. The van der Waals surface area contributed by atoms with Crippen LogP contribution in [0, 0.1) is 0 Å². The molecule has 2 heterocycles. The molecular formula is C42H52Cl2O13. The normalized spacial score (nSPS) is 28.4. The molecule has 2 fully saturated rings. The van der Waals surface area contributed by atoms with E-state index >= 15 is 0 Å². The van der Waals surface area contributed by atoms with E-state index in [0.717, 1.165) is 33.8 Å². The van der Waals surface area contributed by atoms with E-state index in [9.17, 15) is 40.9 Å². The number of aliphatic hydroxyl groups excluding tert-OH is 8. The summed E-state index contributed by atoms with van der Waals surface area (Å²) in [5.41, 5.74) is 4.62. The largest absolute Gasteiger partial charge is 0.497 e. The van der Waals surface area contributed by atoms with Crippen LogP contribution >= 0.6 is 23.2 Å². The molecule has 0 aliphatic carbocycles. The summed E-state index contributed by atoms with van der Waals surface area (Å²) in [6, 6.07) is 25.3. The van der Waals surface area contributed by atoms with E-state index in [1.165, 1.54) is 7.11 Å². The highest BCUT2D eigenvalue weighted by Crippen LogP contribution is 2.41. The molecule has 0 radical (unpaired) electrons. The second kappa shape index (κ2) is 20.5. The van der Waals surface area contributed by atoms with E-state index in [4.69, 9.17) is 46.9 Å². The van der Waals surface area contributed by atoms with Crippen LogP contribution in [0.1, 0.15) is 46.9 Å². The molecule has 2 saturated heterocycles. The SMILES string of the molecule is C.COc1ccc(Cc2cc([C@@H]3O[C@H](CO)[C@@H](O)[C@H](O)[C@H]3O)ccc2Cl)cc1.COc1ccc(Cc2cc([C@]3(OC)O[C@H](CO)[C@@H](O)[C@H](O)[C@H]3O)ccc2Cl)cc1. The van der Waals surface area contributed by atoms with Gasteiger partial charge in [-0.15, -0.1) is 0 Å². The van der Waals surface area contributed by atoms with E-state index in [0.29, 0.717) is 34.0 Å². The van der Waals surface area contributed by atoms with Crippen LogP contribution < -0.4 is 9.47 Å². The Morgan fingerprint density at radius 1 is 0.596 bits per heavy atom. The average molecular weight is 836 g/mol.